The molecule has 2 heterocycles. The van der Waals surface area contributed by atoms with Gasteiger partial charge in [0.1, 0.15) is 0 Å². The minimum absolute atomic E-state index is 0.272. The standard InChI is InChI=1S/C23H32ClN3O/c1-25-10-5-11-27(15-14-25)22(28)21-17-23(21)8-12-26(13-9-23)18-20(24)16-19-6-3-2-4-7-19/h2-4,6-7,16,21H,5,8-15,17-18H2,1H3/b20-16-/t21-/m0/s1. The van der Waals surface area contributed by atoms with E-state index in [0.717, 1.165) is 82.1 Å². The lowest BCUT2D eigenvalue weighted by Gasteiger charge is -2.33. The molecule has 2 saturated heterocycles. The molecule has 3 fully saturated rings. The molecule has 3 aliphatic rings. The van der Waals surface area contributed by atoms with Crippen LogP contribution in [-0.2, 0) is 4.79 Å². The van der Waals surface area contributed by atoms with Crippen LogP contribution >= 0.6 is 11.6 Å². The summed E-state index contributed by atoms with van der Waals surface area (Å²) >= 11 is 6.50. The van der Waals surface area contributed by atoms with Crippen molar-refractivity contribution in [2.24, 2.45) is 11.3 Å². The van der Waals surface area contributed by atoms with E-state index in [1.807, 2.05) is 18.2 Å². The fraction of sp³-hybridized carbons (Fsp3) is 0.609. The Kier molecular flexibility index (Phi) is 6.10. The molecule has 0 aromatic heterocycles. The third-order valence-electron chi connectivity index (χ3n) is 6.87. The number of likely N-dealkylation sites (tertiary alicyclic amines) is 1. The number of nitrogens with zero attached hydrogens (tertiary/aromatic N) is 3. The second-order valence-corrected chi connectivity index (χ2v) is 9.36. The van der Waals surface area contributed by atoms with Crippen LogP contribution in [0.15, 0.2) is 35.4 Å². The normalized spacial score (nSPS) is 26.3. The molecular formula is C23H32ClN3O. The van der Waals surface area contributed by atoms with E-state index in [0.29, 0.717) is 5.91 Å². The highest BCUT2D eigenvalue weighted by molar-refractivity contribution is 6.31. The first kappa shape index (κ1) is 19.9. The van der Waals surface area contributed by atoms with Crippen molar-refractivity contribution < 1.29 is 4.79 Å². The van der Waals surface area contributed by atoms with Crippen LogP contribution in [0, 0.1) is 11.3 Å². The summed E-state index contributed by atoms with van der Waals surface area (Å²) in [6.45, 7) is 6.84. The Morgan fingerprint density at radius 1 is 1.11 bits per heavy atom. The summed E-state index contributed by atoms with van der Waals surface area (Å²) < 4.78 is 0. The third kappa shape index (κ3) is 4.61. The summed E-state index contributed by atoms with van der Waals surface area (Å²) in [5.74, 6) is 0.694. The van der Waals surface area contributed by atoms with Gasteiger partial charge in [-0.2, -0.15) is 0 Å². The van der Waals surface area contributed by atoms with E-state index in [9.17, 15) is 4.79 Å². The van der Waals surface area contributed by atoms with E-state index in [2.05, 4.69) is 40.0 Å². The highest BCUT2D eigenvalue weighted by Gasteiger charge is 2.59. The number of likely N-dealkylation sites (N-methyl/N-ethyl adjacent to an activating group) is 1. The molecule has 0 unspecified atom stereocenters. The predicted octanol–water partition coefficient (Wildman–Crippen LogP) is 3.53. The van der Waals surface area contributed by atoms with Gasteiger partial charge in [-0.3, -0.25) is 9.69 Å². The molecule has 152 valence electrons. The highest BCUT2D eigenvalue weighted by Crippen LogP contribution is 2.60. The number of amides is 1. The number of hydrogen-bond donors (Lipinski definition) is 0. The summed E-state index contributed by atoms with van der Waals surface area (Å²) in [6, 6.07) is 10.2. The summed E-state index contributed by atoms with van der Waals surface area (Å²) in [4.78, 5) is 19.9. The van der Waals surface area contributed by atoms with Crippen LogP contribution in [0.5, 0.6) is 0 Å². The number of piperidine rings is 1. The van der Waals surface area contributed by atoms with Gasteiger partial charge in [-0.25, -0.2) is 0 Å². The average molecular weight is 402 g/mol. The Hall–Kier alpha value is -1.36. The Morgan fingerprint density at radius 3 is 2.61 bits per heavy atom. The van der Waals surface area contributed by atoms with Crippen molar-refractivity contribution in [3.05, 3.63) is 40.9 Å². The fourth-order valence-corrected chi connectivity index (χ4v) is 5.18. The monoisotopic (exact) mass is 401 g/mol. The maximum atomic E-state index is 13.0. The molecule has 1 aromatic rings. The quantitative estimate of drug-likeness (QED) is 0.772. The van der Waals surface area contributed by atoms with E-state index in [1.165, 1.54) is 0 Å². The lowest BCUT2D eigenvalue weighted by molar-refractivity contribution is -0.133. The second kappa shape index (κ2) is 8.56. The van der Waals surface area contributed by atoms with Gasteiger partial charge in [-0.15, -0.1) is 0 Å². The summed E-state index contributed by atoms with van der Waals surface area (Å²) in [5, 5.41) is 0.888. The first-order valence-corrected chi connectivity index (χ1v) is 11.0. The maximum Gasteiger partial charge on any atom is 0.226 e. The van der Waals surface area contributed by atoms with Gasteiger partial charge in [-0.1, -0.05) is 41.9 Å². The lowest BCUT2D eigenvalue weighted by atomic mass is 9.90. The fourth-order valence-electron chi connectivity index (χ4n) is 4.88. The number of carbonyl (C=O) groups is 1. The first-order valence-electron chi connectivity index (χ1n) is 10.7. The molecule has 5 heteroatoms. The van der Waals surface area contributed by atoms with Gasteiger partial charge in [0, 0.05) is 37.1 Å². The van der Waals surface area contributed by atoms with Gasteiger partial charge >= 0.3 is 0 Å². The molecule has 4 nitrogen and oxygen atoms in total. The number of hydrogen-bond acceptors (Lipinski definition) is 3. The minimum Gasteiger partial charge on any atom is -0.341 e. The van der Waals surface area contributed by atoms with Crippen LogP contribution < -0.4 is 0 Å². The van der Waals surface area contributed by atoms with Crippen LogP contribution in [0.3, 0.4) is 0 Å². The van der Waals surface area contributed by atoms with Crippen LogP contribution in [0.25, 0.3) is 6.08 Å². The molecule has 1 aromatic carbocycles. The zero-order chi connectivity index (χ0) is 19.6. The van der Waals surface area contributed by atoms with Gasteiger partial charge in [0.2, 0.25) is 5.91 Å². The lowest BCUT2D eigenvalue weighted by Crippen LogP contribution is -2.40. The molecule has 1 spiro atoms. The molecule has 28 heavy (non-hydrogen) atoms. The molecular weight excluding hydrogens is 370 g/mol. The van der Waals surface area contributed by atoms with E-state index >= 15 is 0 Å². The zero-order valence-electron chi connectivity index (χ0n) is 16.9. The van der Waals surface area contributed by atoms with Gasteiger partial charge in [0.15, 0.2) is 0 Å². The molecule has 1 saturated carbocycles. The van der Waals surface area contributed by atoms with Gasteiger partial charge in [-0.05, 0) is 69.4 Å². The summed E-state index contributed by atoms with van der Waals surface area (Å²) in [7, 11) is 2.15. The number of halogens is 1. The third-order valence-corrected chi connectivity index (χ3v) is 7.10. The topological polar surface area (TPSA) is 26.8 Å². The van der Waals surface area contributed by atoms with E-state index < -0.39 is 0 Å². The molecule has 1 atom stereocenters. The highest BCUT2D eigenvalue weighted by atomic mass is 35.5. The van der Waals surface area contributed by atoms with Crippen LogP contribution in [0.1, 0.15) is 31.2 Å². The molecule has 2 aliphatic heterocycles. The zero-order valence-corrected chi connectivity index (χ0v) is 17.7. The summed E-state index contributed by atoms with van der Waals surface area (Å²) in [5.41, 5.74) is 1.43. The van der Waals surface area contributed by atoms with Crippen LogP contribution in [0.2, 0.25) is 0 Å². The predicted molar refractivity (Wildman–Crippen MR) is 115 cm³/mol. The molecule has 1 aliphatic carbocycles. The number of benzene rings is 1. The van der Waals surface area contributed by atoms with Crippen molar-refractivity contribution in [2.45, 2.75) is 25.7 Å². The minimum atomic E-state index is 0.272. The van der Waals surface area contributed by atoms with E-state index in [4.69, 9.17) is 11.6 Å². The molecule has 0 bridgehead atoms. The SMILES string of the molecule is CN1CCCN(C(=O)[C@@H]2CC23CCN(C/C(Cl)=C/c2ccccc2)CC3)CC1. The molecule has 0 N–H and O–H groups in total. The Labute approximate surface area is 174 Å². The summed E-state index contributed by atoms with van der Waals surface area (Å²) in [6.07, 6.45) is 6.52. The molecule has 0 radical (unpaired) electrons. The molecule has 4 rings (SSSR count). The van der Waals surface area contributed by atoms with E-state index in [-0.39, 0.29) is 11.3 Å². The Balaban J connectivity index is 1.26. The smallest absolute Gasteiger partial charge is 0.226 e. The van der Waals surface area contributed by atoms with Crippen molar-refractivity contribution in [2.75, 3.05) is 52.9 Å². The average Bonchev–Trinajstić information content (AvgIpc) is 3.44. The van der Waals surface area contributed by atoms with E-state index in [1.54, 1.807) is 0 Å². The van der Waals surface area contributed by atoms with Crippen molar-refractivity contribution in [3.63, 3.8) is 0 Å². The van der Waals surface area contributed by atoms with Crippen LogP contribution in [-0.4, -0.2) is 73.5 Å². The Morgan fingerprint density at radius 2 is 1.86 bits per heavy atom. The number of rotatable bonds is 4. The van der Waals surface area contributed by atoms with Crippen molar-refractivity contribution >= 4 is 23.6 Å². The van der Waals surface area contributed by atoms with Crippen molar-refractivity contribution in [1.29, 1.82) is 0 Å². The van der Waals surface area contributed by atoms with Crippen molar-refractivity contribution in [3.8, 4) is 0 Å². The Bertz CT molecular complexity index is 712. The van der Waals surface area contributed by atoms with Crippen LogP contribution in [0.4, 0.5) is 0 Å². The maximum absolute atomic E-state index is 13.0. The second-order valence-electron chi connectivity index (χ2n) is 8.88. The van der Waals surface area contributed by atoms with Crippen molar-refractivity contribution in [1.82, 2.24) is 14.7 Å². The number of carbonyl (C=O) groups excluding carboxylic acids is 1. The largest absolute Gasteiger partial charge is 0.341 e. The van der Waals surface area contributed by atoms with Gasteiger partial charge in [0.05, 0.1) is 0 Å². The first-order chi connectivity index (χ1) is 13.6. The van der Waals surface area contributed by atoms with Gasteiger partial charge in [0.25, 0.3) is 0 Å². The van der Waals surface area contributed by atoms with Gasteiger partial charge < -0.3 is 9.80 Å². The molecule has 1 amide bonds.